The Morgan fingerprint density at radius 3 is 2.83 bits per heavy atom. The first-order valence-electron chi connectivity index (χ1n) is 8.70. The summed E-state index contributed by atoms with van der Waals surface area (Å²) in [5.41, 5.74) is 0. The smallest absolute Gasteiger partial charge is 0.191 e. The topological polar surface area (TPSA) is 54.9 Å². The molecular formula is C16H32IN3O2S. The van der Waals surface area contributed by atoms with Gasteiger partial charge in [-0.1, -0.05) is 0 Å². The average Bonchev–Trinajstić information content (AvgIpc) is 2.56. The first-order valence-corrected chi connectivity index (χ1v) is 9.86. The van der Waals surface area contributed by atoms with Crippen molar-refractivity contribution in [2.45, 2.75) is 51.2 Å². The van der Waals surface area contributed by atoms with Gasteiger partial charge in [-0.05, 0) is 44.8 Å². The summed E-state index contributed by atoms with van der Waals surface area (Å²) in [6.07, 6.45) is 6.00. The van der Waals surface area contributed by atoms with Crippen LogP contribution in [0.15, 0.2) is 4.99 Å². The molecule has 0 saturated carbocycles. The lowest BCUT2D eigenvalue weighted by atomic mass is 10.1. The normalized spacial score (nSPS) is 23.2. The van der Waals surface area contributed by atoms with Crippen LogP contribution in [0.5, 0.6) is 0 Å². The number of aliphatic imine (C=N–C) groups is 1. The van der Waals surface area contributed by atoms with Crippen molar-refractivity contribution in [3.8, 4) is 0 Å². The number of rotatable bonds is 7. The van der Waals surface area contributed by atoms with E-state index in [9.17, 15) is 0 Å². The Morgan fingerprint density at radius 1 is 1.30 bits per heavy atom. The molecule has 0 aliphatic carbocycles. The number of ether oxygens (including phenoxy) is 2. The van der Waals surface area contributed by atoms with E-state index in [1.54, 1.807) is 0 Å². The second kappa shape index (κ2) is 13.5. The van der Waals surface area contributed by atoms with Crippen LogP contribution in [0.3, 0.4) is 0 Å². The molecule has 0 aromatic rings. The molecule has 0 aromatic heterocycles. The van der Waals surface area contributed by atoms with Gasteiger partial charge in [0.1, 0.15) is 0 Å². The zero-order valence-electron chi connectivity index (χ0n) is 14.2. The molecule has 5 nitrogen and oxygen atoms in total. The maximum absolute atomic E-state index is 5.88. The third kappa shape index (κ3) is 9.36. The third-order valence-corrected chi connectivity index (χ3v) is 5.16. The summed E-state index contributed by atoms with van der Waals surface area (Å²) in [4.78, 5) is 4.67. The van der Waals surface area contributed by atoms with E-state index >= 15 is 0 Å². The van der Waals surface area contributed by atoms with Gasteiger partial charge >= 0.3 is 0 Å². The summed E-state index contributed by atoms with van der Waals surface area (Å²) in [5, 5.41) is 6.90. The van der Waals surface area contributed by atoms with Crippen molar-refractivity contribution in [3.63, 3.8) is 0 Å². The van der Waals surface area contributed by atoms with Gasteiger partial charge in [0.15, 0.2) is 5.96 Å². The molecule has 1 unspecified atom stereocenters. The van der Waals surface area contributed by atoms with Crippen LogP contribution in [0.2, 0.25) is 0 Å². The van der Waals surface area contributed by atoms with Gasteiger partial charge in [0.25, 0.3) is 0 Å². The van der Waals surface area contributed by atoms with Crippen molar-refractivity contribution in [1.82, 2.24) is 10.6 Å². The number of hydrogen-bond donors (Lipinski definition) is 2. The van der Waals surface area contributed by atoms with E-state index in [4.69, 9.17) is 9.47 Å². The first kappa shape index (κ1) is 21.3. The molecule has 23 heavy (non-hydrogen) atoms. The Labute approximate surface area is 162 Å². The number of nitrogens with zero attached hydrogens (tertiary/aromatic N) is 1. The summed E-state index contributed by atoms with van der Waals surface area (Å²) in [7, 11) is 0. The molecule has 0 aromatic carbocycles. The molecule has 7 heteroatoms. The maximum Gasteiger partial charge on any atom is 0.191 e. The van der Waals surface area contributed by atoms with Crippen molar-refractivity contribution in [2.24, 2.45) is 4.99 Å². The fourth-order valence-corrected chi connectivity index (χ4v) is 3.79. The van der Waals surface area contributed by atoms with E-state index in [2.05, 4.69) is 22.5 Å². The summed E-state index contributed by atoms with van der Waals surface area (Å²) in [6.45, 7) is 6.32. The summed E-state index contributed by atoms with van der Waals surface area (Å²) in [6, 6.07) is 0.565. The summed E-state index contributed by atoms with van der Waals surface area (Å²) in [5.74, 6) is 3.45. The van der Waals surface area contributed by atoms with Crippen LogP contribution in [0.25, 0.3) is 0 Å². The average molecular weight is 457 g/mol. The van der Waals surface area contributed by atoms with Crippen LogP contribution in [-0.4, -0.2) is 62.5 Å². The molecule has 0 bridgehead atoms. The van der Waals surface area contributed by atoms with E-state index in [0.717, 1.165) is 58.1 Å². The largest absolute Gasteiger partial charge is 0.381 e. The first-order chi connectivity index (χ1) is 10.9. The Morgan fingerprint density at radius 2 is 2.13 bits per heavy atom. The molecule has 0 amide bonds. The van der Waals surface area contributed by atoms with Gasteiger partial charge in [-0.25, -0.2) is 0 Å². The standard InChI is InChI=1S/C16H31N3O2S.HI/c1-2-17-16(19-14-5-3-12-22-13-14)18-8-4-9-21-15-6-10-20-11-7-15;/h14-15H,2-13H2,1H3,(H2,17,18,19);1H. The van der Waals surface area contributed by atoms with Gasteiger partial charge in [-0.2, -0.15) is 11.8 Å². The Kier molecular flexibility index (Phi) is 12.6. The third-order valence-electron chi connectivity index (χ3n) is 3.94. The van der Waals surface area contributed by atoms with Crippen LogP contribution < -0.4 is 10.6 Å². The molecular weight excluding hydrogens is 425 g/mol. The second-order valence-corrected chi connectivity index (χ2v) is 7.00. The van der Waals surface area contributed by atoms with Crippen molar-refractivity contribution >= 4 is 41.7 Å². The second-order valence-electron chi connectivity index (χ2n) is 5.86. The van der Waals surface area contributed by atoms with Crippen LogP contribution >= 0.6 is 35.7 Å². The highest BCUT2D eigenvalue weighted by Crippen LogP contribution is 2.16. The van der Waals surface area contributed by atoms with Gasteiger partial charge < -0.3 is 20.1 Å². The predicted octanol–water partition coefficient (Wildman–Crippen LogP) is 2.64. The molecule has 2 fully saturated rings. The van der Waals surface area contributed by atoms with Crippen molar-refractivity contribution in [1.29, 1.82) is 0 Å². The van der Waals surface area contributed by atoms with Crippen molar-refractivity contribution in [2.75, 3.05) is 44.4 Å². The Hall–Kier alpha value is 0.270. The molecule has 2 aliphatic heterocycles. The van der Waals surface area contributed by atoms with E-state index in [-0.39, 0.29) is 24.0 Å². The van der Waals surface area contributed by atoms with Crippen LogP contribution in [0.1, 0.15) is 39.0 Å². The number of thioether (sulfide) groups is 1. The fraction of sp³-hybridized carbons (Fsp3) is 0.938. The van der Waals surface area contributed by atoms with Gasteiger partial charge in [-0.3, -0.25) is 4.99 Å². The molecule has 0 spiro atoms. The molecule has 2 aliphatic rings. The minimum Gasteiger partial charge on any atom is -0.381 e. The van der Waals surface area contributed by atoms with Crippen LogP contribution in [0.4, 0.5) is 0 Å². The number of halogens is 1. The lowest BCUT2D eigenvalue weighted by molar-refractivity contribution is -0.0318. The highest BCUT2D eigenvalue weighted by molar-refractivity contribution is 14.0. The minimum atomic E-state index is 0. The maximum atomic E-state index is 5.88. The minimum absolute atomic E-state index is 0. The van der Waals surface area contributed by atoms with E-state index in [1.807, 2.05) is 11.8 Å². The molecule has 2 rings (SSSR count). The number of guanidine groups is 1. The molecule has 2 saturated heterocycles. The van der Waals surface area contributed by atoms with Gasteiger partial charge in [0.2, 0.25) is 0 Å². The van der Waals surface area contributed by atoms with Gasteiger partial charge in [-0.15, -0.1) is 24.0 Å². The van der Waals surface area contributed by atoms with Gasteiger partial charge in [0, 0.05) is 44.7 Å². The Balaban J connectivity index is 0.00000264. The Bertz CT molecular complexity index is 322. The molecule has 2 heterocycles. The van der Waals surface area contributed by atoms with Gasteiger partial charge in [0.05, 0.1) is 6.10 Å². The summed E-state index contributed by atoms with van der Waals surface area (Å²) < 4.78 is 11.2. The lowest BCUT2D eigenvalue weighted by Crippen LogP contribution is -2.45. The molecule has 2 N–H and O–H groups in total. The number of hydrogen-bond acceptors (Lipinski definition) is 4. The van der Waals surface area contributed by atoms with E-state index in [1.165, 1.54) is 24.3 Å². The quantitative estimate of drug-likeness (QED) is 0.267. The molecule has 136 valence electrons. The van der Waals surface area contributed by atoms with Crippen molar-refractivity contribution in [3.05, 3.63) is 0 Å². The van der Waals surface area contributed by atoms with Crippen molar-refractivity contribution < 1.29 is 9.47 Å². The zero-order chi connectivity index (χ0) is 15.5. The highest BCUT2D eigenvalue weighted by Gasteiger charge is 2.15. The van der Waals surface area contributed by atoms with Crippen LogP contribution in [0, 0.1) is 0 Å². The molecule has 1 atom stereocenters. The number of nitrogens with one attached hydrogen (secondary N) is 2. The predicted molar refractivity (Wildman–Crippen MR) is 109 cm³/mol. The highest BCUT2D eigenvalue weighted by atomic mass is 127. The molecule has 0 radical (unpaired) electrons. The zero-order valence-corrected chi connectivity index (χ0v) is 17.4. The summed E-state index contributed by atoms with van der Waals surface area (Å²) >= 11 is 2.04. The van der Waals surface area contributed by atoms with E-state index < -0.39 is 0 Å². The lowest BCUT2D eigenvalue weighted by Gasteiger charge is -2.24. The SMILES string of the molecule is CCNC(=NCCCOC1CCOCC1)NC1CCCSC1.I. The monoisotopic (exact) mass is 457 g/mol. The van der Waals surface area contributed by atoms with Crippen LogP contribution in [-0.2, 0) is 9.47 Å². The fourth-order valence-electron chi connectivity index (χ4n) is 2.72. The van der Waals surface area contributed by atoms with E-state index in [0.29, 0.717) is 12.1 Å².